The molecule has 0 bridgehead atoms. The molecule has 5 heteroatoms. The van der Waals surface area contributed by atoms with E-state index in [4.69, 9.17) is 33.6 Å². The first kappa shape index (κ1) is 15.6. The molecule has 2 aromatic rings. The zero-order valence-corrected chi connectivity index (χ0v) is 14.6. The van der Waals surface area contributed by atoms with Gasteiger partial charge in [-0.25, -0.2) is 0 Å². The molecule has 2 unspecified atom stereocenters. The second-order valence-electron chi connectivity index (χ2n) is 5.11. The van der Waals surface area contributed by atoms with Crippen molar-refractivity contribution in [2.45, 2.75) is 19.3 Å². The molecule has 1 aliphatic carbocycles. The summed E-state index contributed by atoms with van der Waals surface area (Å²) in [6, 6.07) is 8.08. The van der Waals surface area contributed by atoms with Crippen LogP contribution in [0.15, 0.2) is 46.4 Å². The van der Waals surface area contributed by atoms with Crippen LogP contribution in [0.5, 0.6) is 0 Å². The van der Waals surface area contributed by atoms with Gasteiger partial charge in [0, 0.05) is 15.7 Å². The Morgan fingerprint density at radius 1 is 1.41 bits per heavy atom. The van der Waals surface area contributed by atoms with Gasteiger partial charge in [0.1, 0.15) is 5.76 Å². The predicted octanol–water partition coefficient (Wildman–Crippen LogP) is 5.26. The van der Waals surface area contributed by atoms with Gasteiger partial charge in [0.2, 0.25) is 0 Å². The summed E-state index contributed by atoms with van der Waals surface area (Å²) in [4.78, 5) is 2.08. The summed E-state index contributed by atoms with van der Waals surface area (Å²) in [5.41, 5.74) is 1.25. The van der Waals surface area contributed by atoms with E-state index in [0.717, 1.165) is 17.0 Å². The van der Waals surface area contributed by atoms with Crippen molar-refractivity contribution >= 4 is 51.3 Å². The molecule has 0 aliphatic heterocycles. The van der Waals surface area contributed by atoms with Crippen LogP contribution in [0.3, 0.4) is 0 Å². The van der Waals surface area contributed by atoms with E-state index in [1.54, 1.807) is 17.6 Å². The summed E-state index contributed by atoms with van der Waals surface area (Å²) >= 11 is 12.8. The lowest BCUT2D eigenvalue weighted by Gasteiger charge is -2.30. The van der Waals surface area contributed by atoms with Crippen molar-refractivity contribution in [3.05, 3.63) is 52.6 Å². The molecule has 1 aliphatic rings. The fraction of sp³-hybridized carbons (Fsp3) is 0.294. The van der Waals surface area contributed by atoms with Gasteiger partial charge in [-0.1, -0.05) is 18.3 Å². The van der Waals surface area contributed by atoms with Crippen LogP contribution >= 0.6 is 35.8 Å². The second kappa shape index (κ2) is 6.86. The van der Waals surface area contributed by atoms with Crippen molar-refractivity contribution in [3.63, 3.8) is 0 Å². The summed E-state index contributed by atoms with van der Waals surface area (Å²) in [6.45, 7) is 2.50. The molecule has 0 saturated heterocycles. The minimum absolute atomic E-state index is 0.0835. The van der Waals surface area contributed by atoms with Gasteiger partial charge in [0.15, 0.2) is 5.05 Å². The molecule has 2 aromatic heterocycles. The highest BCUT2D eigenvalue weighted by Crippen LogP contribution is 2.42. The highest BCUT2D eigenvalue weighted by molar-refractivity contribution is 7.82. The maximum absolute atomic E-state index is 5.65. The van der Waals surface area contributed by atoms with E-state index in [-0.39, 0.29) is 11.8 Å². The maximum Gasteiger partial charge on any atom is 0.168 e. The normalized spacial score (nSPS) is 21.5. The van der Waals surface area contributed by atoms with Crippen molar-refractivity contribution in [2.75, 3.05) is 6.61 Å². The van der Waals surface area contributed by atoms with Gasteiger partial charge >= 0.3 is 0 Å². The molecular formula is C17H16O2S3. The molecular weight excluding hydrogens is 332 g/mol. The highest BCUT2D eigenvalue weighted by atomic mass is 32.1. The van der Waals surface area contributed by atoms with Crippen molar-refractivity contribution < 1.29 is 9.15 Å². The Bertz CT molecular complexity index is 684. The van der Waals surface area contributed by atoms with Gasteiger partial charge < -0.3 is 9.15 Å². The molecule has 2 atom stereocenters. The Kier molecular flexibility index (Phi) is 4.86. The van der Waals surface area contributed by atoms with Gasteiger partial charge in [-0.3, -0.25) is 0 Å². The molecule has 0 aromatic carbocycles. The smallest absolute Gasteiger partial charge is 0.168 e. The third kappa shape index (κ3) is 3.07. The second-order valence-corrected chi connectivity index (χ2v) is 6.93. The molecule has 0 radical (unpaired) electrons. The first-order valence-corrected chi connectivity index (χ1v) is 8.88. The average molecular weight is 349 g/mol. The van der Waals surface area contributed by atoms with E-state index in [9.17, 15) is 0 Å². The van der Waals surface area contributed by atoms with Gasteiger partial charge in [0.05, 0.1) is 18.8 Å². The quantitative estimate of drug-likeness (QED) is 0.703. The SMILES string of the molecule is CCOC(=S)C1C(=S)C=C(c2cccs2)CC1c1ccco1. The summed E-state index contributed by atoms with van der Waals surface area (Å²) < 4.78 is 11.2. The van der Waals surface area contributed by atoms with Crippen LogP contribution in [0.25, 0.3) is 5.57 Å². The zero-order chi connectivity index (χ0) is 15.5. The van der Waals surface area contributed by atoms with Crippen LogP contribution in [0, 0.1) is 5.92 Å². The lowest BCUT2D eigenvalue weighted by atomic mass is 9.78. The average Bonchev–Trinajstić information content (AvgIpc) is 3.20. The lowest BCUT2D eigenvalue weighted by Crippen LogP contribution is -2.31. The summed E-state index contributed by atoms with van der Waals surface area (Å²) in [7, 11) is 0. The number of hydrogen-bond donors (Lipinski definition) is 0. The number of thiophene rings is 1. The zero-order valence-electron chi connectivity index (χ0n) is 12.2. The van der Waals surface area contributed by atoms with Crippen LogP contribution in [-0.2, 0) is 4.74 Å². The number of furan rings is 1. The van der Waals surface area contributed by atoms with Crippen molar-refractivity contribution in [3.8, 4) is 0 Å². The summed E-state index contributed by atoms with van der Waals surface area (Å²) in [6.07, 6.45) is 4.63. The van der Waals surface area contributed by atoms with Crippen LogP contribution < -0.4 is 0 Å². The Balaban J connectivity index is 1.98. The van der Waals surface area contributed by atoms with E-state index >= 15 is 0 Å². The summed E-state index contributed by atoms with van der Waals surface area (Å²) in [5, 5.41) is 2.65. The van der Waals surface area contributed by atoms with Gasteiger partial charge in [-0.2, -0.15) is 0 Å². The number of rotatable bonds is 4. The first-order valence-electron chi connectivity index (χ1n) is 7.19. The molecule has 0 amide bonds. The van der Waals surface area contributed by atoms with Crippen LogP contribution in [0.1, 0.15) is 29.9 Å². The van der Waals surface area contributed by atoms with E-state index in [0.29, 0.717) is 11.7 Å². The van der Waals surface area contributed by atoms with Crippen LogP contribution in [-0.4, -0.2) is 16.5 Å². The van der Waals surface area contributed by atoms with E-state index in [2.05, 4.69) is 23.6 Å². The Morgan fingerprint density at radius 3 is 2.91 bits per heavy atom. The molecule has 22 heavy (non-hydrogen) atoms. The fourth-order valence-electron chi connectivity index (χ4n) is 2.79. The minimum Gasteiger partial charge on any atom is -0.487 e. The van der Waals surface area contributed by atoms with E-state index in [1.165, 1.54) is 10.5 Å². The topological polar surface area (TPSA) is 22.4 Å². The fourth-order valence-corrected chi connectivity index (χ4v) is 4.44. The van der Waals surface area contributed by atoms with Crippen LogP contribution in [0.4, 0.5) is 0 Å². The van der Waals surface area contributed by atoms with Crippen molar-refractivity contribution in [1.29, 1.82) is 0 Å². The standard InChI is InChI=1S/C17H16O2S3/c1-2-18-17(21)16-12(13-5-3-7-19-13)9-11(10-14(16)20)15-6-4-8-22-15/h3-8,10,12,16H,2,9H2,1H3. The number of hydrogen-bond acceptors (Lipinski definition) is 5. The minimum atomic E-state index is -0.0835. The van der Waals surface area contributed by atoms with Gasteiger partial charge in [0.25, 0.3) is 0 Å². The molecule has 2 heterocycles. The molecule has 2 nitrogen and oxygen atoms in total. The summed E-state index contributed by atoms with van der Waals surface area (Å²) in [5.74, 6) is 0.931. The van der Waals surface area contributed by atoms with Gasteiger partial charge in [-0.05, 0) is 60.8 Å². The third-order valence-corrected chi connectivity index (χ3v) is 5.44. The number of thiocarbonyl (C=S) groups is 2. The molecule has 0 spiro atoms. The van der Waals surface area contributed by atoms with Crippen LogP contribution in [0.2, 0.25) is 0 Å². The monoisotopic (exact) mass is 348 g/mol. The predicted molar refractivity (Wildman–Crippen MR) is 98.7 cm³/mol. The van der Waals surface area contributed by atoms with Gasteiger partial charge in [-0.15, -0.1) is 11.3 Å². The molecule has 3 rings (SSSR count). The van der Waals surface area contributed by atoms with Crippen molar-refractivity contribution in [1.82, 2.24) is 0 Å². The van der Waals surface area contributed by atoms with Crippen molar-refractivity contribution in [2.24, 2.45) is 5.92 Å². The largest absolute Gasteiger partial charge is 0.487 e. The number of ether oxygens (including phenoxy) is 1. The Morgan fingerprint density at radius 2 is 2.27 bits per heavy atom. The first-order chi connectivity index (χ1) is 10.7. The van der Waals surface area contributed by atoms with E-state index in [1.807, 2.05) is 19.1 Å². The maximum atomic E-state index is 5.65. The van der Waals surface area contributed by atoms with E-state index < -0.39 is 0 Å². The highest BCUT2D eigenvalue weighted by Gasteiger charge is 2.36. The lowest BCUT2D eigenvalue weighted by molar-refractivity contribution is 0.310. The molecule has 0 fully saturated rings. The molecule has 0 N–H and O–H groups in total. The molecule has 114 valence electrons. The third-order valence-electron chi connectivity index (χ3n) is 3.75. The number of allylic oxidation sites excluding steroid dienone is 2. The Labute approximate surface area is 144 Å². The Hall–Kier alpha value is -1.30. The molecule has 0 saturated carbocycles.